The molecule has 6 rings (SSSR count). The maximum Gasteiger partial charge on any atom is 0.231 e. The molecule has 0 aromatic heterocycles. The van der Waals surface area contributed by atoms with Crippen molar-refractivity contribution < 1.29 is 19.0 Å². The number of allylic oxidation sites excluding steroid dienone is 1. The Morgan fingerprint density at radius 3 is 2.47 bits per heavy atom. The Hall–Kier alpha value is -3.45. The molecule has 34 heavy (non-hydrogen) atoms. The molecule has 0 spiro atoms. The molecule has 0 saturated carbocycles. The zero-order valence-electron chi connectivity index (χ0n) is 18.6. The predicted molar refractivity (Wildman–Crippen MR) is 134 cm³/mol. The van der Waals surface area contributed by atoms with Crippen LogP contribution in [0.25, 0.3) is 0 Å². The molecule has 2 unspecified atom stereocenters. The van der Waals surface area contributed by atoms with E-state index in [0.29, 0.717) is 17.9 Å². The fourth-order valence-corrected chi connectivity index (χ4v) is 5.54. The van der Waals surface area contributed by atoms with Crippen molar-refractivity contribution in [1.82, 2.24) is 0 Å². The Balaban J connectivity index is 1.45. The Morgan fingerprint density at radius 2 is 1.71 bits per heavy atom. The zero-order valence-corrected chi connectivity index (χ0v) is 20.1. The standard InChI is InChI=1S/C27H23BrN2O4/c1-32-17-8-6-15(7-9-17)16-10-22-26(23(31)11-16)27(30-21-5-3-2-4-20(21)29-22)18-12-24-25(13-19(18)28)34-14-33-24/h2-9,12-13,16,27,29-30H,10-11,14H2,1H3. The summed E-state index contributed by atoms with van der Waals surface area (Å²) in [5.74, 6) is 2.42. The van der Waals surface area contributed by atoms with E-state index in [1.165, 1.54) is 0 Å². The minimum atomic E-state index is -0.334. The van der Waals surface area contributed by atoms with Gasteiger partial charge in [-0.2, -0.15) is 0 Å². The van der Waals surface area contributed by atoms with E-state index >= 15 is 0 Å². The molecule has 2 N–H and O–H groups in total. The number of anilines is 2. The molecule has 2 aliphatic heterocycles. The number of ketones is 1. The van der Waals surface area contributed by atoms with E-state index in [-0.39, 0.29) is 24.5 Å². The Kier molecular flexibility index (Phi) is 5.21. The second-order valence-electron chi connectivity index (χ2n) is 8.67. The summed E-state index contributed by atoms with van der Waals surface area (Å²) >= 11 is 3.71. The Bertz CT molecular complexity index is 1320. The molecule has 0 fully saturated rings. The number of Topliss-reactive ketones (excluding diaryl/α,β-unsaturated/α-hetero) is 1. The second kappa shape index (κ2) is 8.40. The smallest absolute Gasteiger partial charge is 0.231 e. The van der Waals surface area contributed by atoms with Crippen molar-refractivity contribution in [2.75, 3.05) is 24.5 Å². The molecule has 0 saturated heterocycles. The van der Waals surface area contributed by atoms with E-state index in [2.05, 4.69) is 38.7 Å². The van der Waals surface area contributed by atoms with Crippen LogP contribution >= 0.6 is 15.9 Å². The summed E-state index contributed by atoms with van der Waals surface area (Å²) in [6.07, 6.45) is 1.19. The monoisotopic (exact) mass is 518 g/mol. The maximum atomic E-state index is 13.7. The second-order valence-corrected chi connectivity index (χ2v) is 9.52. The Morgan fingerprint density at radius 1 is 0.971 bits per heavy atom. The number of rotatable bonds is 3. The van der Waals surface area contributed by atoms with Crippen LogP contribution in [0.4, 0.5) is 11.4 Å². The van der Waals surface area contributed by atoms with Gasteiger partial charge in [0.05, 0.1) is 24.5 Å². The van der Waals surface area contributed by atoms with Crippen LogP contribution in [0.5, 0.6) is 17.2 Å². The number of hydrogen-bond donors (Lipinski definition) is 2. The molecule has 1 aliphatic carbocycles. The molecule has 7 heteroatoms. The van der Waals surface area contributed by atoms with Crippen molar-refractivity contribution in [3.8, 4) is 17.2 Å². The van der Waals surface area contributed by atoms with Crippen LogP contribution in [-0.2, 0) is 4.79 Å². The SMILES string of the molecule is COc1ccc(C2CC(=O)C3=C(C2)Nc2ccccc2NC3c2cc3c(cc2Br)OCO3)cc1. The molecule has 2 heterocycles. The van der Waals surface area contributed by atoms with Crippen molar-refractivity contribution in [3.63, 3.8) is 0 Å². The molecule has 2 atom stereocenters. The van der Waals surface area contributed by atoms with Gasteiger partial charge in [0, 0.05) is 22.2 Å². The minimum absolute atomic E-state index is 0.0933. The van der Waals surface area contributed by atoms with Gasteiger partial charge in [0.15, 0.2) is 17.3 Å². The third-order valence-electron chi connectivity index (χ3n) is 6.70. The normalized spacial score (nSPS) is 20.6. The maximum absolute atomic E-state index is 13.7. The highest BCUT2D eigenvalue weighted by atomic mass is 79.9. The summed E-state index contributed by atoms with van der Waals surface area (Å²) in [5.41, 5.74) is 5.68. The number of para-hydroxylation sites is 2. The fourth-order valence-electron chi connectivity index (χ4n) is 4.99. The van der Waals surface area contributed by atoms with E-state index in [1.54, 1.807) is 7.11 Å². The number of methoxy groups -OCH3 is 1. The van der Waals surface area contributed by atoms with Crippen LogP contribution in [0, 0.1) is 0 Å². The van der Waals surface area contributed by atoms with E-state index in [4.69, 9.17) is 14.2 Å². The van der Waals surface area contributed by atoms with Gasteiger partial charge in [0.25, 0.3) is 0 Å². The third-order valence-corrected chi connectivity index (χ3v) is 7.39. The Labute approximate surface area is 206 Å². The zero-order chi connectivity index (χ0) is 23.2. The minimum Gasteiger partial charge on any atom is -0.497 e. The van der Waals surface area contributed by atoms with Crippen molar-refractivity contribution in [2.45, 2.75) is 24.8 Å². The molecule has 3 aliphatic rings. The van der Waals surface area contributed by atoms with Gasteiger partial charge in [-0.25, -0.2) is 0 Å². The topological polar surface area (TPSA) is 68.8 Å². The summed E-state index contributed by atoms with van der Waals surface area (Å²) in [5, 5.41) is 7.21. The quantitative estimate of drug-likeness (QED) is 0.432. The molecule has 3 aromatic carbocycles. The lowest BCUT2D eigenvalue weighted by Crippen LogP contribution is -2.27. The number of fused-ring (bicyclic) bond motifs is 2. The molecular formula is C27H23BrN2O4. The van der Waals surface area contributed by atoms with Crippen molar-refractivity contribution in [2.24, 2.45) is 0 Å². The summed E-state index contributed by atoms with van der Waals surface area (Å²) in [4.78, 5) is 13.7. The van der Waals surface area contributed by atoms with E-state index in [0.717, 1.165) is 50.4 Å². The van der Waals surface area contributed by atoms with Crippen LogP contribution in [0.15, 0.2) is 76.4 Å². The fraction of sp³-hybridized carbons (Fsp3) is 0.222. The molecule has 0 bridgehead atoms. The highest BCUT2D eigenvalue weighted by Crippen LogP contribution is 2.47. The summed E-state index contributed by atoms with van der Waals surface area (Å²) in [6.45, 7) is 0.199. The molecule has 3 aromatic rings. The van der Waals surface area contributed by atoms with Crippen LogP contribution in [0.2, 0.25) is 0 Å². The van der Waals surface area contributed by atoms with Gasteiger partial charge >= 0.3 is 0 Å². The van der Waals surface area contributed by atoms with Gasteiger partial charge in [-0.3, -0.25) is 4.79 Å². The lowest BCUT2D eigenvalue weighted by Gasteiger charge is -2.30. The van der Waals surface area contributed by atoms with E-state index in [1.807, 2.05) is 48.5 Å². The van der Waals surface area contributed by atoms with E-state index in [9.17, 15) is 4.79 Å². The van der Waals surface area contributed by atoms with Gasteiger partial charge in [-0.1, -0.05) is 40.2 Å². The van der Waals surface area contributed by atoms with Gasteiger partial charge in [-0.05, 0) is 59.9 Å². The lowest BCUT2D eigenvalue weighted by atomic mass is 9.78. The number of hydrogen-bond acceptors (Lipinski definition) is 6. The van der Waals surface area contributed by atoms with Crippen molar-refractivity contribution in [1.29, 1.82) is 0 Å². The van der Waals surface area contributed by atoms with Gasteiger partial charge in [0.1, 0.15) is 5.75 Å². The number of carbonyl (C=O) groups is 1. The lowest BCUT2D eigenvalue weighted by molar-refractivity contribution is -0.116. The highest BCUT2D eigenvalue weighted by molar-refractivity contribution is 9.10. The molecular weight excluding hydrogens is 496 g/mol. The number of benzene rings is 3. The van der Waals surface area contributed by atoms with Crippen LogP contribution < -0.4 is 24.8 Å². The molecule has 0 radical (unpaired) electrons. The third kappa shape index (κ3) is 3.60. The van der Waals surface area contributed by atoms with Crippen molar-refractivity contribution in [3.05, 3.63) is 87.5 Å². The first-order valence-electron chi connectivity index (χ1n) is 11.2. The average molecular weight is 519 g/mol. The van der Waals surface area contributed by atoms with Gasteiger partial charge in [0.2, 0.25) is 6.79 Å². The highest BCUT2D eigenvalue weighted by Gasteiger charge is 2.37. The molecule has 172 valence electrons. The van der Waals surface area contributed by atoms with Crippen LogP contribution in [0.3, 0.4) is 0 Å². The number of halogens is 1. The summed E-state index contributed by atoms with van der Waals surface area (Å²) in [7, 11) is 1.66. The molecule has 6 nitrogen and oxygen atoms in total. The first kappa shape index (κ1) is 21.1. The van der Waals surface area contributed by atoms with Gasteiger partial charge < -0.3 is 24.8 Å². The van der Waals surface area contributed by atoms with Crippen LogP contribution in [-0.4, -0.2) is 19.7 Å². The van der Waals surface area contributed by atoms with E-state index < -0.39 is 0 Å². The summed E-state index contributed by atoms with van der Waals surface area (Å²) < 4.78 is 17.4. The van der Waals surface area contributed by atoms with Crippen LogP contribution in [0.1, 0.15) is 35.9 Å². The van der Waals surface area contributed by atoms with Gasteiger partial charge in [-0.15, -0.1) is 0 Å². The molecule has 0 amide bonds. The largest absolute Gasteiger partial charge is 0.497 e. The average Bonchev–Trinajstić information content (AvgIpc) is 3.23. The number of ether oxygens (including phenoxy) is 3. The number of nitrogens with one attached hydrogen (secondary N) is 2. The summed E-state index contributed by atoms with van der Waals surface area (Å²) in [6, 6.07) is 19.6. The number of carbonyl (C=O) groups excluding carboxylic acids is 1. The first-order valence-corrected chi connectivity index (χ1v) is 12.0. The van der Waals surface area contributed by atoms with Crippen molar-refractivity contribution >= 4 is 33.1 Å². The predicted octanol–water partition coefficient (Wildman–Crippen LogP) is 6.17. The first-order chi connectivity index (χ1) is 16.6.